The van der Waals surface area contributed by atoms with Crippen molar-refractivity contribution in [3.63, 3.8) is 0 Å². The van der Waals surface area contributed by atoms with Gasteiger partial charge in [-0.2, -0.15) is 0 Å². The van der Waals surface area contributed by atoms with E-state index in [0.717, 1.165) is 10.2 Å². The Bertz CT molecular complexity index is 849. The standard InChI is InChI=1S/C16H10Cl2N2OS/c17-11-4-3-5-12(18)9(11)8-10(15(19)21)16-20-13-6-1-2-7-14(13)22-16/h1-8H,(H2,19,21). The first-order valence-electron chi connectivity index (χ1n) is 6.37. The van der Waals surface area contributed by atoms with Crippen molar-refractivity contribution in [3.05, 3.63) is 63.1 Å². The van der Waals surface area contributed by atoms with Gasteiger partial charge in [-0.1, -0.05) is 41.4 Å². The maximum Gasteiger partial charge on any atom is 0.251 e. The number of fused-ring (bicyclic) bond motifs is 1. The van der Waals surface area contributed by atoms with Gasteiger partial charge in [0.25, 0.3) is 5.91 Å². The largest absolute Gasteiger partial charge is 0.366 e. The predicted molar refractivity (Wildman–Crippen MR) is 93.1 cm³/mol. The zero-order chi connectivity index (χ0) is 15.7. The molecule has 0 saturated heterocycles. The summed E-state index contributed by atoms with van der Waals surface area (Å²) in [5, 5.41) is 1.45. The van der Waals surface area contributed by atoms with E-state index < -0.39 is 5.91 Å². The van der Waals surface area contributed by atoms with Gasteiger partial charge in [0, 0.05) is 15.6 Å². The number of benzene rings is 2. The monoisotopic (exact) mass is 348 g/mol. The highest BCUT2D eigenvalue weighted by Gasteiger charge is 2.15. The Hall–Kier alpha value is -1.88. The molecule has 0 unspecified atom stereocenters. The van der Waals surface area contributed by atoms with Crippen LogP contribution in [0.4, 0.5) is 0 Å². The second-order valence-corrected chi connectivity index (χ2v) is 6.39. The molecule has 0 aliphatic carbocycles. The molecule has 0 atom stereocenters. The summed E-state index contributed by atoms with van der Waals surface area (Å²) in [6.07, 6.45) is 1.59. The first-order chi connectivity index (χ1) is 10.6. The van der Waals surface area contributed by atoms with Crippen LogP contribution in [0.15, 0.2) is 42.5 Å². The van der Waals surface area contributed by atoms with Gasteiger partial charge in [0.2, 0.25) is 0 Å². The van der Waals surface area contributed by atoms with Crippen LogP contribution < -0.4 is 5.73 Å². The number of primary amides is 1. The molecule has 0 spiro atoms. The average Bonchev–Trinajstić information content (AvgIpc) is 2.89. The van der Waals surface area contributed by atoms with E-state index in [1.165, 1.54) is 11.3 Å². The van der Waals surface area contributed by atoms with Crippen molar-refractivity contribution in [2.45, 2.75) is 0 Å². The van der Waals surface area contributed by atoms with Gasteiger partial charge in [-0.3, -0.25) is 4.79 Å². The minimum absolute atomic E-state index is 0.288. The fraction of sp³-hybridized carbons (Fsp3) is 0. The second-order valence-electron chi connectivity index (χ2n) is 4.54. The number of carbonyl (C=O) groups is 1. The number of nitrogens with two attached hydrogens (primary N) is 1. The molecule has 3 rings (SSSR count). The SMILES string of the molecule is NC(=O)C(=Cc1c(Cl)cccc1Cl)c1nc2ccccc2s1. The summed E-state index contributed by atoms with van der Waals surface area (Å²) in [4.78, 5) is 16.3. The molecule has 3 nitrogen and oxygen atoms in total. The van der Waals surface area contributed by atoms with Gasteiger partial charge in [-0.05, 0) is 30.3 Å². The number of thiazole rings is 1. The number of rotatable bonds is 3. The summed E-state index contributed by atoms with van der Waals surface area (Å²) in [6, 6.07) is 12.8. The minimum Gasteiger partial charge on any atom is -0.366 e. The first kappa shape index (κ1) is 15.0. The number of hydrogen-bond acceptors (Lipinski definition) is 3. The third kappa shape index (κ3) is 2.86. The summed E-state index contributed by atoms with van der Waals surface area (Å²) in [6.45, 7) is 0. The van der Waals surface area contributed by atoms with Gasteiger partial charge in [0.1, 0.15) is 5.01 Å². The lowest BCUT2D eigenvalue weighted by atomic mass is 10.1. The highest BCUT2D eigenvalue weighted by atomic mass is 35.5. The van der Waals surface area contributed by atoms with Crippen molar-refractivity contribution in [1.82, 2.24) is 4.98 Å². The van der Waals surface area contributed by atoms with E-state index in [2.05, 4.69) is 4.98 Å². The molecule has 22 heavy (non-hydrogen) atoms. The number of para-hydroxylation sites is 1. The molecule has 0 aliphatic rings. The van der Waals surface area contributed by atoms with E-state index in [0.29, 0.717) is 20.6 Å². The van der Waals surface area contributed by atoms with Gasteiger partial charge in [0.15, 0.2) is 0 Å². The maximum atomic E-state index is 11.8. The summed E-state index contributed by atoms with van der Waals surface area (Å²) in [5.74, 6) is -0.574. The molecule has 2 N–H and O–H groups in total. The Morgan fingerprint density at radius 2 is 1.77 bits per heavy atom. The van der Waals surface area contributed by atoms with Crippen LogP contribution in [0.5, 0.6) is 0 Å². The van der Waals surface area contributed by atoms with Gasteiger partial charge in [-0.25, -0.2) is 4.98 Å². The number of carbonyl (C=O) groups excluding carboxylic acids is 1. The van der Waals surface area contributed by atoms with Gasteiger partial charge >= 0.3 is 0 Å². The molecule has 110 valence electrons. The van der Waals surface area contributed by atoms with E-state index >= 15 is 0 Å². The van der Waals surface area contributed by atoms with Gasteiger partial charge in [-0.15, -0.1) is 11.3 Å². The quantitative estimate of drug-likeness (QED) is 0.701. The van der Waals surface area contributed by atoms with Crippen molar-refractivity contribution >= 4 is 62.3 Å². The number of amides is 1. The van der Waals surface area contributed by atoms with E-state index in [9.17, 15) is 4.79 Å². The molecule has 1 aromatic heterocycles. The van der Waals surface area contributed by atoms with Crippen molar-refractivity contribution in [3.8, 4) is 0 Å². The highest BCUT2D eigenvalue weighted by Crippen LogP contribution is 2.32. The lowest BCUT2D eigenvalue weighted by molar-refractivity contribution is -0.112. The Morgan fingerprint density at radius 3 is 2.41 bits per heavy atom. The Kier molecular flexibility index (Phi) is 4.16. The molecule has 0 fully saturated rings. The Labute approximate surface area is 141 Å². The topological polar surface area (TPSA) is 56.0 Å². The van der Waals surface area contributed by atoms with E-state index in [4.69, 9.17) is 28.9 Å². The minimum atomic E-state index is -0.574. The average molecular weight is 349 g/mol. The van der Waals surface area contributed by atoms with Crippen molar-refractivity contribution in [2.24, 2.45) is 5.73 Å². The van der Waals surface area contributed by atoms with Crippen LogP contribution in [0.1, 0.15) is 10.6 Å². The predicted octanol–water partition coefficient (Wildman–Crippen LogP) is 4.63. The van der Waals surface area contributed by atoms with Crippen LogP contribution in [0, 0.1) is 0 Å². The Balaban J connectivity index is 2.18. The summed E-state index contributed by atoms with van der Waals surface area (Å²) in [7, 11) is 0. The van der Waals surface area contributed by atoms with Gasteiger partial charge < -0.3 is 5.73 Å². The van der Waals surface area contributed by atoms with Crippen LogP contribution >= 0.6 is 34.5 Å². The molecule has 0 aliphatic heterocycles. The Morgan fingerprint density at radius 1 is 1.09 bits per heavy atom. The molecule has 0 bridgehead atoms. The van der Waals surface area contributed by atoms with Crippen LogP contribution in [-0.2, 0) is 4.79 Å². The molecule has 6 heteroatoms. The zero-order valence-electron chi connectivity index (χ0n) is 11.2. The first-order valence-corrected chi connectivity index (χ1v) is 7.95. The van der Waals surface area contributed by atoms with Crippen molar-refractivity contribution in [1.29, 1.82) is 0 Å². The normalized spacial score (nSPS) is 11.8. The van der Waals surface area contributed by atoms with Crippen LogP contribution in [0.3, 0.4) is 0 Å². The molecule has 2 aromatic carbocycles. The summed E-state index contributed by atoms with van der Waals surface area (Å²) < 4.78 is 0.981. The molecular weight excluding hydrogens is 339 g/mol. The highest BCUT2D eigenvalue weighted by molar-refractivity contribution is 7.19. The molecule has 3 aromatic rings. The fourth-order valence-electron chi connectivity index (χ4n) is 2.02. The summed E-state index contributed by atoms with van der Waals surface area (Å²) in [5.41, 5.74) is 7.17. The second kappa shape index (κ2) is 6.08. The van der Waals surface area contributed by atoms with E-state index in [1.54, 1.807) is 24.3 Å². The van der Waals surface area contributed by atoms with Crippen LogP contribution in [-0.4, -0.2) is 10.9 Å². The van der Waals surface area contributed by atoms with Crippen molar-refractivity contribution < 1.29 is 4.79 Å². The molecule has 1 heterocycles. The molecular formula is C16H10Cl2N2OS. The van der Waals surface area contributed by atoms with E-state index in [1.807, 2.05) is 24.3 Å². The third-order valence-electron chi connectivity index (χ3n) is 3.08. The lowest BCUT2D eigenvalue weighted by Crippen LogP contribution is -2.12. The lowest BCUT2D eigenvalue weighted by Gasteiger charge is -2.04. The van der Waals surface area contributed by atoms with Gasteiger partial charge in [0.05, 0.1) is 15.8 Å². The zero-order valence-corrected chi connectivity index (χ0v) is 13.5. The van der Waals surface area contributed by atoms with Crippen molar-refractivity contribution in [2.75, 3.05) is 0 Å². The molecule has 0 saturated carbocycles. The smallest absolute Gasteiger partial charge is 0.251 e. The molecule has 0 radical (unpaired) electrons. The van der Waals surface area contributed by atoms with Crippen LogP contribution in [0.2, 0.25) is 10.0 Å². The maximum absolute atomic E-state index is 11.8. The van der Waals surface area contributed by atoms with Crippen LogP contribution in [0.25, 0.3) is 21.9 Å². The number of hydrogen-bond donors (Lipinski definition) is 1. The number of halogens is 2. The third-order valence-corrected chi connectivity index (χ3v) is 4.81. The fourth-order valence-corrected chi connectivity index (χ4v) is 3.51. The van der Waals surface area contributed by atoms with E-state index in [-0.39, 0.29) is 5.57 Å². The number of aromatic nitrogens is 1. The molecule has 1 amide bonds. The number of nitrogens with zero attached hydrogens (tertiary/aromatic N) is 1. The summed E-state index contributed by atoms with van der Waals surface area (Å²) >= 11 is 13.7.